The molecule has 0 bridgehead atoms. The Morgan fingerprint density at radius 2 is 1.88 bits per heavy atom. The number of methoxy groups -OCH3 is 1. The average molecular weight is 554 g/mol. The summed E-state index contributed by atoms with van der Waals surface area (Å²) in [4.78, 5) is 17.1. The van der Waals surface area contributed by atoms with Gasteiger partial charge < -0.3 is 25.4 Å². The van der Waals surface area contributed by atoms with Gasteiger partial charge in [-0.1, -0.05) is 19.1 Å². The number of aliphatic imine (C=N–C) groups is 1. The Labute approximate surface area is 208 Å². The molecule has 0 radical (unpaired) electrons. The van der Waals surface area contributed by atoms with Gasteiger partial charge in [0.15, 0.2) is 17.5 Å². The maximum atomic E-state index is 12.4. The number of guanidine groups is 1. The highest BCUT2D eigenvalue weighted by atomic mass is 127. The van der Waals surface area contributed by atoms with Crippen LogP contribution in [0.3, 0.4) is 0 Å². The van der Waals surface area contributed by atoms with Crippen molar-refractivity contribution in [3.63, 3.8) is 0 Å². The van der Waals surface area contributed by atoms with Gasteiger partial charge >= 0.3 is 0 Å². The SMILES string of the molecule is CCNC(=NCc1cccc(C(=O)NC(C)CC)c1)Nc1ccc(OCC)c(OC)c1.I. The van der Waals surface area contributed by atoms with Crippen LogP contribution in [0.5, 0.6) is 11.5 Å². The van der Waals surface area contributed by atoms with E-state index in [0.29, 0.717) is 36.2 Å². The third-order valence-electron chi connectivity index (χ3n) is 4.67. The lowest BCUT2D eigenvalue weighted by molar-refractivity contribution is 0.0939. The Balaban J connectivity index is 0.00000512. The Bertz CT molecular complexity index is 889. The highest BCUT2D eigenvalue weighted by molar-refractivity contribution is 14.0. The van der Waals surface area contributed by atoms with E-state index < -0.39 is 0 Å². The van der Waals surface area contributed by atoms with Gasteiger partial charge in [0.2, 0.25) is 0 Å². The predicted molar refractivity (Wildman–Crippen MR) is 142 cm³/mol. The van der Waals surface area contributed by atoms with E-state index in [-0.39, 0.29) is 35.9 Å². The smallest absolute Gasteiger partial charge is 0.251 e. The first kappa shape index (κ1) is 27.5. The van der Waals surface area contributed by atoms with E-state index in [1.54, 1.807) is 7.11 Å². The van der Waals surface area contributed by atoms with Crippen LogP contribution in [0.1, 0.15) is 50.0 Å². The Morgan fingerprint density at radius 3 is 2.53 bits per heavy atom. The molecule has 1 unspecified atom stereocenters. The average Bonchev–Trinajstić information content (AvgIpc) is 2.78. The summed E-state index contributed by atoms with van der Waals surface area (Å²) < 4.78 is 11.0. The number of anilines is 1. The van der Waals surface area contributed by atoms with E-state index in [0.717, 1.165) is 24.2 Å². The molecule has 176 valence electrons. The molecule has 2 rings (SSSR count). The van der Waals surface area contributed by atoms with Gasteiger partial charge in [-0.15, -0.1) is 24.0 Å². The summed E-state index contributed by atoms with van der Waals surface area (Å²) in [7, 11) is 1.62. The van der Waals surface area contributed by atoms with Crippen LogP contribution in [-0.2, 0) is 6.54 Å². The van der Waals surface area contributed by atoms with Gasteiger partial charge in [-0.25, -0.2) is 4.99 Å². The number of hydrogen-bond acceptors (Lipinski definition) is 4. The number of ether oxygens (including phenoxy) is 2. The van der Waals surface area contributed by atoms with Crippen molar-refractivity contribution >= 4 is 41.5 Å². The van der Waals surface area contributed by atoms with Crippen molar-refractivity contribution in [2.24, 2.45) is 4.99 Å². The zero-order valence-corrected chi connectivity index (χ0v) is 21.9. The number of carbonyl (C=O) groups is 1. The van der Waals surface area contributed by atoms with E-state index >= 15 is 0 Å². The van der Waals surface area contributed by atoms with Crippen molar-refractivity contribution in [3.8, 4) is 11.5 Å². The summed E-state index contributed by atoms with van der Waals surface area (Å²) in [6.45, 7) is 9.72. The molecule has 2 aromatic rings. The monoisotopic (exact) mass is 554 g/mol. The third kappa shape index (κ3) is 8.57. The molecular formula is C24H35IN4O3. The maximum Gasteiger partial charge on any atom is 0.251 e. The Morgan fingerprint density at radius 1 is 1.09 bits per heavy atom. The molecule has 7 nitrogen and oxygen atoms in total. The fourth-order valence-electron chi connectivity index (χ4n) is 2.85. The number of hydrogen-bond donors (Lipinski definition) is 3. The largest absolute Gasteiger partial charge is 0.493 e. The summed E-state index contributed by atoms with van der Waals surface area (Å²) >= 11 is 0. The fraction of sp³-hybridized carbons (Fsp3) is 0.417. The number of halogens is 1. The van der Waals surface area contributed by atoms with E-state index in [9.17, 15) is 4.79 Å². The van der Waals surface area contributed by atoms with Gasteiger partial charge in [-0.3, -0.25) is 4.79 Å². The van der Waals surface area contributed by atoms with Gasteiger partial charge in [-0.05, 0) is 57.0 Å². The minimum absolute atomic E-state index is 0. The lowest BCUT2D eigenvalue weighted by Gasteiger charge is -2.14. The summed E-state index contributed by atoms with van der Waals surface area (Å²) in [5.74, 6) is 1.93. The highest BCUT2D eigenvalue weighted by Gasteiger charge is 2.10. The minimum Gasteiger partial charge on any atom is -0.493 e. The van der Waals surface area contributed by atoms with Crippen LogP contribution >= 0.6 is 24.0 Å². The van der Waals surface area contributed by atoms with Crippen LogP contribution < -0.4 is 25.4 Å². The second kappa shape index (κ2) is 14.5. The zero-order chi connectivity index (χ0) is 22.6. The summed E-state index contributed by atoms with van der Waals surface area (Å²) in [6.07, 6.45) is 0.893. The standard InChI is InChI=1S/C24H34N4O3.HI/c1-6-17(4)27-23(29)19-11-9-10-18(14-19)16-26-24(25-7-2)28-20-12-13-21(31-8-3)22(15-20)30-5;/h9-15,17H,6-8,16H2,1-5H3,(H,27,29)(H2,25,26,28);1H. The molecule has 0 aliphatic heterocycles. The molecule has 0 heterocycles. The first-order chi connectivity index (χ1) is 15.0. The van der Waals surface area contributed by atoms with Gasteiger partial charge in [0.05, 0.1) is 20.3 Å². The number of nitrogens with one attached hydrogen (secondary N) is 3. The quantitative estimate of drug-likeness (QED) is 0.223. The maximum absolute atomic E-state index is 12.4. The lowest BCUT2D eigenvalue weighted by Crippen LogP contribution is -2.32. The van der Waals surface area contributed by atoms with Crippen molar-refractivity contribution in [2.75, 3.05) is 25.6 Å². The van der Waals surface area contributed by atoms with Crippen molar-refractivity contribution in [1.29, 1.82) is 0 Å². The topological polar surface area (TPSA) is 84.0 Å². The normalized spacial score (nSPS) is 11.7. The molecule has 0 saturated heterocycles. The molecule has 1 amide bonds. The van der Waals surface area contributed by atoms with Crippen molar-refractivity contribution in [3.05, 3.63) is 53.6 Å². The van der Waals surface area contributed by atoms with Crippen molar-refractivity contribution < 1.29 is 14.3 Å². The predicted octanol–water partition coefficient (Wildman–Crippen LogP) is 4.82. The molecular weight excluding hydrogens is 519 g/mol. The highest BCUT2D eigenvalue weighted by Crippen LogP contribution is 2.30. The number of benzene rings is 2. The number of nitrogens with zero attached hydrogens (tertiary/aromatic N) is 1. The second-order valence-electron chi connectivity index (χ2n) is 7.10. The van der Waals surface area contributed by atoms with Gasteiger partial charge in [0.1, 0.15) is 0 Å². The van der Waals surface area contributed by atoms with E-state index in [1.165, 1.54) is 0 Å². The van der Waals surface area contributed by atoms with Crippen LogP contribution in [0.15, 0.2) is 47.5 Å². The van der Waals surface area contributed by atoms with Crippen LogP contribution in [0.4, 0.5) is 5.69 Å². The Hall–Kier alpha value is -2.49. The van der Waals surface area contributed by atoms with Gasteiger partial charge in [0.25, 0.3) is 5.91 Å². The van der Waals surface area contributed by atoms with Crippen LogP contribution in [0.2, 0.25) is 0 Å². The summed E-state index contributed by atoms with van der Waals surface area (Å²) in [5.41, 5.74) is 2.43. The van der Waals surface area contributed by atoms with E-state index in [2.05, 4.69) is 20.9 Å². The van der Waals surface area contributed by atoms with Crippen molar-refractivity contribution in [2.45, 2.75) is 46.7 Å². The first-order valence-corrected chi connectivity index (χ1v) is 10.8. The number of amides is 1. The van der Waals surface area contributed by atoms with E-state index in [4.69, 9.17) is 9.47 Å². The molecule has 0 spiro atoms. The van der Waals surface area contributed by atoms with Crippen LogP contribution in [-0.4, -0.2) is 38.2 Å². The van der Waals surface area contributed by atoms with Gasteiger partial charge in [0, 0.05) is 29.9 Å². The molecule has 32 heavy (non-hydrogen) atoms. The minimum atomic E-state index is -0.0632. The van der Waals surface area contributed by atoms with Crippen LogP contribution in [0.25, 0.3) is 0 Å². The fourth-order valence-corrected chi connectivity index (χ4v) is 2.85. The molecule has 2 aromatic carbocycles. The van der Waals surface area contributed by atoms with Crippen molar-refractivity contribution in [1.82, 2.24) is 10.6 Å². The molecule has 0 aliphatic carbocycles. The third-order valence-corrected chi connectivity index (χ3v) is 4.67. The van der Waals surface area contributed by atoms with E-state index in [1.807, 2.05) is 70.2 Å². The molecule has 8 heteroatoms. The Kier molecular flexibility index (Phi) is 12.5. The molecule has 3 N–H and O–H groups in total. The number of rotatable bonds is 10. The lowest BCUT2D eigenvalue weighted by atomic mass is 10.1. The first-order valence-electron chi connectivity index (χ1n) is 10.8. The molecule has 0 aromatic heterocycles. The van der Waals surface area contributed by atoms with Crippen LogP contribution in [0, 0.1) is 0 Å². The second-order valence-corrected chi connectivity index (χ2v) is 7.10. The molecule has 0 fully saturated rings. The molecule has 0 aliphatic rings. The van der Waals surface area contributed by atoms with Gasteiger partial charge in [-0.2, -0.15) is 0 Å². The summed E-state index contributed by atoms with van der Waals surface area (Å²) in [6, 6.07) is 13.3. The zero-order valence-electron chi connectivity index (χ0n) is 19.5. The summed E-state index contributed by atoms with van der Waals surface area (Å²) in [5, 5.41) is 9.52. The number of carbonyl (C=O) groups excluding carboxylic acids is 1. The molecule has 0 saturated carbocycles. The molecule has 1 atom stereocenters.